The van der Waals surface area contributed by atoms with Gasteiger partial charge in [0.15, 0.2) is 10.8 Å². The fourth-order valence-corrected chi connectivity index (χ4v) is 5.40. The van der Waals surface area contributed by atoms with Crippen molar-refractivity contribution in [2.45, 2.75) is 37.0 Å². The maximum Gasteiger partial charge on any atom is 0.419 e. The minimum Gasteiger partial charge on any atom is -0.364 e. The first-order chi connectivity index (χ1) is 18.1. The number of pyridine rings is 1. The molecule has 0 atom stereocenters. The lowest BCUT2D eigenvalue weighted by Crippen LogP contribution is -2.12. The Kier molecular flexibility index (Phi) is 7.61. The van der Waals surface area contributed by atoms with Gasteiger partial charge < -0.3 is 4.52 Å². The van der Waals surface area contributed by atoms with Gasteiger partial charge in [-0.3, -0.25) is 0 Å². The predicted molar refractivity (Wildman–Crippen MR) is 138 cm³/mol. The van der Waals surface area contributed by atoms with Crippen LogP contribution < -0.4 is 0 Å². The minimum atomic E-state index is -4.77. The molecule has 0 aliphatic rings. The third kappa shape index (κ3) is 4.90. The predicted octanol–water partition coefficient (Wildman–Crippen LogP) is 6.46. The lowest BCUT2D eigenvalue weighted by Gasteiger charge is -2.11. The Hall–Kier alpha value is -3.71. The molecule has 0 spiro atoms. The third-order valence-corrected chi connectivity index (χ3v) is 7.68. The van der Waals surface area contributed by atoms with Crippen LogP contribution in [-0.4, -0.2) is 38.8 Å². The van der Waals surface area contributed by atoms with Crippen LogP contribution in [-0.2, 0) is 16.2 Å². The molecule has 5 rings (SSSR count). The lowest BCUT2D eigenvalue weighted by molar-refractivity contribution is -0.137. The second-order valence-corrected chi connectivity index (χ2v) is 10.2. The first-order valence-corrected chi connectivity index (χ1v) is 14.0. The summed E-state index contributed by atoms with van der Waals surface area (Å²) in [6.45, 7) is 5.69. The highest BCUT2D eigenvalue weighted by Crippen LogP contribution is 2.40. The summed E-state index contributed by atoms with van der Waals surface area (Å²) >= 11 is 1.07. The number of hydrogen-bond donors (Lipinski definition) is 0. The number of fused-ring (bicyclic) bond motifs is 1. The summed E-state index contributed by atoms with van der Waals surface area (Å²) in [4.78, 5) is 12.3. The second-order valence-electron chi connectivity index (χ2n) is 7.65. The maximum atomic E-state index is 13.9. The van der Waals surface area contributed by atoms with Gasteiger partial charge in [-0.05, 0) is 37.4 Å². The van der Waals surface area contributed by atoms with E-state index in [4.69, 9.17) is 4.52 Å². The van der Waals surface area contributed by atoms with Crippen LogP contribution in [0, 0.1) is 6.92 Å². The highest BCUT2D eigenvalue weighted by atomic mass is 32.2. The molecule has 0 radical (unpaired) electrons. The van der Waals surface area contributed by atoms with Gasteiger partial charge in [0.25, 0.3) is 10.0 Å². The molecule has 0 bridgehead atoms. The van der Waals surface area contributed by atoms with E-state index in [0.29, 0.717) is 23.1 Å². The van der Waals surface area contributed by atoms with Gasteiger partial charge in [-0.15, -0.1) is 0 Å². The molecule has 0 fully saturated rings. The van der Waals surface area contributed by atoms with Crippen molar-refractivity contribution in [1.82, 2.24) is 24.1 Å². The fourth-order valence-electron chi connectivity index (χ4n) is 3.72. The first kappa shape index (κ1) is 27.3. The van der Waals surface area contributed by atoms with Crippen LogP contribution >= 0.6 is 11.8 Å². The summed E-state index contributed by atoms with van der Waals surface area (Å²) in [7, 11) is -4.23. The Bertz CT molecular complexity index is 1700. The fraction of sp³-hybridized carbons (Fsp3) is 0.200. The zero-order chi connectivity index (χ0) is 27.7. The summed E-state index contributed by atoms with van der Waals surface area (Å²) in [6.07, 6.45) is 0.0359. The van der Waals surface area contributed by atoms with Crippen LogP contribution in [0.1, 0.15) is 25.1 Å². The van der Waals surface area contributed by atoms with Crippen LogP contribution in [0.3, 0.4) is 0 Å². The van der Waals surface area contributed by atoms with E-state index in [0.717, 1.165) is 21.9 Å². The van der Waals surface area contributed by atoms with E-state index in [2.05, 4.69) is 20.1 Å². The van der Waals surface area contributed by atoms with E-state index >= 15 is 0 Å². The average Bonchev–Trinajstić information content (AvgIpc) is 3.53. The molecular weight excluding hydrogens is 539 g/mol. The SMILES string of the molecule is CC.CSc1ncc(C(F)(F)F)c(-c2cn(S(=O)(=O)c3ccccc3)c3nc(-c4conc4C)ccc23)n1. The number of halogens is 3. The molecule has 0 unspecified atom stereocenters. The highest BCUT2D eigenvalue weighted by molar-refractivity contribution is 7.98. The quantitative estimate of drug-likeness (QED) is 0.178. The number of aryl methyl sites for hydroxylation is 1. The van der Waals surface area contributed by atoms with Gasteiger partial charge in [0.1, 0.15) is 11.8 Å². The number of rotatable bonds is 5. The molecule has 0 amide bonds. The molecule has 5 aromatic rings. The summed E-state index contributed by atoms with van der Waals surface area (Å²) in [6, 6.07) is 10.6. The topological polar surface area (TPSA) is 104 Å². The Labute approximate surface area is 221 Å². The molecule has 0 saturated heterocycles. The molecule has 8 nitrogen and oxygen atoms in total. The summed E-state index contributed by atoms with van der Waals surface area (Å²) in [5, 5.41) is 4.09. The summed E-state index contributed by atoms with van der Waals surface area (Å²) in [5.74, 6) is 0. The van der Waals surface area contributed by atoms with Crippen molar-refractivity contribution >= 4 is 32.8 Å². The molecule has 13 heteroatoms. The van der Waals surface area contributed by atoms with E-state index in [1.54, 1.807) is 37.4 Å². The van der Waals surface area contributed by atoms with Gasteiger partial charge in [0.05, 0.1) is 27.5 Å². The van der Waals surface area contributed by atoms with Gasteiger partial charge in [-0.25, -0.2) is 27.3 Å². The van der Waals surface area contributed by atoms with E-state index in [9.17, 15) is 21.6 Å². The molecular formula is C25H22F3N5O3S2. The highest BCUT2D eigenvalue weighted by Gasteiger charge is 2.37. The van der Waals surface area contributed by atoms with Gasteiger partial charge >= 0.3 is 6.18 Å². The van der Waals surface area contributed by atoms with Gasteiger partial charge in [0, 0.05) is 23.3 Å². The number of nitrogens with zero attached hydrogens (tertiary/aromatic N) is 5. The largest absolute Gasteiger partial charge is 0.419 e. The Morgan fingerprint density at radius 3 is 2.32 bits per heavy atom. The number of benzene rings is 1. The van der Waals surface area contributed by atoms with Crippen molar-refractivity contribution in [3.63, 3.8) is 0 Å². The van der Waals surface area contributed by atoms with Gasteiger partial charge in [0.2, 0.25) is 0 Å². The Morgan fingerprint density at radius 2 is 1.71 bits per heavy atom. The van der Waals surface area contributed by atoms with Crippen LogP contribution in [0.5, 0.6) is 0 Å². The van der Waals surface area contributed by atoms with Crippen LogP contribution in [0.15, 0.2) is 75.7 Å². The van der Waals surface area contributed by atoms with E-state index in [1.165, 1.54) is 24.5 Å². The second kappa shape index (κ2) is 10.6. The number of hydrogen-bond acceptors (Lipinski definition) is 8. The summed E-state index contributed by atoms with van der Waals surface area (Å²) < 4.78 is 74.8. The van der Waals surface area contributed by atoms with Crippen molar-refractivity contribution < 1.29 is 26.1 Å². The standard InChI is InChI=1S/C23H16F3N5O3S2.C2H6/c1-13-17(12-34-30-13)19-9-8-15-16(20-18(23(24,25)26)10-27-22(29-20)35-2)11-31(21(15)28-19)36(32,33)14-6-4-3-5-7-14;1-2/h3-12H,1-2H3;1-2H3. The van der Waals surface area contributed by atoms with Gasteiger partial charge in [-0.1, -0.05) is 49.0 Å². The molecule has 0 N–H and O–H groups in total. The Morgan fingerprint density at radius 1 is 1.00 bits per heavy atom. The monoisotopic (exact) mass is 561 g/mol. The van der Waals surface area contributed by atoms with Crippen molar-refractivity contribution in [3.8, 4) is 22.5 Å². The molecule has 4 aromatic heterocycles. The number of alkyl halides is 3. The first-order valence-electron chi connectivity index (χ1n) is 11.3. The normalized spacial score (nSPS) is 11.9. The zero-order valence-corrected chi connectivity index (χ0v) is 22.3. The summed E-state index contributed by atoms with van der Waals surface area (Å²) in [5.41, 5.74) is -0.254. The molecule has 0 aliphatic heterocycles. The van der Waals surface area contributed by atoms with Crippen molar-refractivity contribution in [2.24, 2.45) is 0 Å². The van der Waals surface area contributed by atoms with Crippen LogP contribution in [0.25, 0.3) is 33.5 Å². The molecule has 4 heterocycles. The van der Waals surface area contributed by atoms with Gasteiger partial charge in [-0.2, -0.15) is 13.2 Å². The Balaban J connectivity index is 0.00000164. The third-order valence-electron chi connectivity index (χ3n) is 5.46. The number of thioether (sulfide) groups is 1. The van der Waals surface area contributed by atoms with Crippen molar-refractivity contribution in [3.05, 3.63) is 72.4 Å². The number of aromatic nitrogens is 5. The molecule has 198 valence electrons. The molecule has 0 saturated carbocycles. The van der Waals surface area contributed by atoms with Crippen molar-refractivity contribution in [2.75, 3.05) is 6.26 Å². The molecule has 1 aromatic carbocycles. The van der Waals surface area contributed by atoms with E-state index < -0.39 is 27.5 Å². The molecule has 38 heavy (non-hydrogen) atoms. The van der Waals surface area contributed by atoms with Crippen LogP contribution in [0.4, 0.5) is 13.2 Å². The van der Waals surface area contributed by atoms with E-state index in [1.807, 2.05) is 13.8 Å². The zero-order valence-electron chi connectivity index (χ0n) is 20.7. The van der Waals surface area contributed by atoms with Crippen LogP contribution in [0.2, 0.25) is 0 Å². The average molecular weight is 562 g/mol. The smallest absolute Gasteiger partial charge is 0.364 e. The lowest BCUT2D eigenvalue weighted by atomic mass is 10.1. The van der Waals surface area contributed by atoms with E-state index in [-0.39, 0.29) is 26.6 Å². The maximum absolute atomic E-state index is 13.9. The molecule has 0 aliphatic carbocycles. The van der Waals surface area contributed by atoms with Crippen molar-refractivity contribution in [1.29, 1.82) is 0 Å². The minimum absolute atomic E-state index is 0.0457.